The molecule has 0 aromatic carbocycles. The van der Waals surface area contributed by atoms with Crippen molar-refractivity contribution in [1.82, 2.24) is 4.90 Å². The van der Waals surface area contributed by atoms with E-state index in [1.54, 1.807) is 4.90 Å². The maximum Gasteiger partial charge on any atom is 0.409 e. The van der Waals surface area contributed by atoms with Crippen molar-refractivity contribution < 1.29 is 9.53 Å². The number of hydrogen-bond acceptors (Lipinski definition) is 2. The summed E-state index contributed by atoms with van der Waals surface area (Å²) in [6, 6.07) is 0. The molecule has 3 heteroatoms. The van der Waals surface area contributed by atoms with Gasteiger partial charge in [-0.3, -0.25) is 0 Å². The number of methoxy groups -OCH3 is 1. The van der Waals surface area contributed by atoms with Gasteiger partial charge in [-0.2, -0.15) is 0 Å². The zero-order chi connectivity index (χ0) is 8.27. The topological polar surface area (TPSA) is 29.5 Å². The molecule has 1 amide bonds. The van der Waals surface area contributed by atoms with Crippen LogP contribution in [0.5, 0.6) is 0 Å². The normalized spacial score (nSPS) is 24.9. The summed E-state index contributed by atoms with van der Waals surface area (Å²) in [6.07, 6.45) is 2.15. The number of likely N-dealkylation sites (tertiary alicyclic amines) is 1. The number of carbonyl (C=O) groups is 1. The molecule has 11 heavy (non-hydrogen) atoms. The molecule has 1 heterocycles. The molecule has 1 aliphatic rings. The first-order valence-corrected chi connectivity index (χ1v) is 4.07. The van der Waals surface area contributed by atoms with E-state index in [4.69, 9.17) is 0 Å². The van der Waals surface area contributed by atoms with Crippen molar-refractivity contribution in [1.29, 1.82) is 0 Å². The van der Waals surface area contributed by atoms with E-state index in [-0.39, 0.29) is 6.09 Å². The molecule has 1 atom stereocenters. The number of ether oxygens (including phenoxy) is 1. The summed E-state index contributed by atoms with van der Waals surface area (Å²) in [6.45, 7) is 3.87. The second kappa shape index (κ2) is 3.60. The second-order valence-corrected chi connectivity index (χ2v) is 3.16. The highest BCUT2D eigenvalue weighted by Crippen LogP contribution is 2.15. The predicted octanol–water partition coefficient (Wildman–Crippen LogP) is 1.48. The third-order valence-electron chi connectivity index (χ3n) is 2.09. The Morgan fingerprint density at radius 3 is 2.91 bits per heavy atom. The van der Waals surface area contributed by atoms with Crippen molar-refractivity contribution in [3.8, 4) is 0 Å². The van der Waals surface area contributed by atoms with Crippen LogP contribution in [0.2, 0.25) is 0 Å². The standard InChI is InChI=1S/C8H15NO2/c1-7-4-3-5-9(6-7)8(10)11-2/h7H,3-6H2,1-2H3/t7-/m0/s1. The van der Waals surface area contributed by atoms with Gasteiger partial charge >= 0.3 is 6.09 Å². The molecule has 3 nitrogen and oxygen atoms in total. The van der Waals surface area contributed by atoms with Crippen LogP contribution in [0.25, 0.3) is 0 Å². The van der Waals surface area contributed by atoms with Crippen molar-refractivity contribution in [2.75, 3.05) is 20.2 Å². The molecule has 1 fully saturated rings. The van der Waals surface area contributed by atoms with E-state index in [1.165, 1.54) is 13.5 Å². The van der Waals surface area contributed by atoms with Crippen molar-refractivity contribution in [2.45, 2.75) is 19.8 Å². The zero-order valence-corrected chi connectivity index (χ0v) is 7.17. The summed E-state index contributed by atoms with van der Waals surface area (Å²) in [5, 5.41) is 0. The quantitative estimate of drug-likeness (QED) is 0.533. The SMILES string of the molecule is COC(=O)N1CCC[C@H](C)C1. The lowest BCUT2D eigenvalue weighted by Crippen LogP contribution is -2.38. The smallest absolute Gasteiger partial charge is 0.409 e. The number of rotatable bonds is 0. The molecule has 0 radical (unpaired) electrons. The van der Waals surface area contributed by atoms with Gasteiger partial charge in [-0.25, -0.2) is 4.79 Å². The third kappa shape index (κ3) is 2.10. The average Bonchev–Trinajstić information content (AvgIpc) is 2.03. The summed E-state index contributed by atoms with van der Waals surface area (Å²) < 4.78 is 4.62. The maximum atomic E-state index is 11.0. The fraction of sp³-hybridized carbons (Fsp3) is 0.875. The molecule has 0 spiro atoms. The molecule has 1 rings (SSSR count). The molecular formula is C8H15NO2. The van der Waals surface area contributed by atoms with E-state index < -0.39 is 0 Å². The molecule has 1 saturated heterocycles. The second-order valence-electron chi connectivity index (χ2n) is 3.16. The fourth-order valence-electron chi connectivity index (χ4n) is 1.48. The number of amides is 1. The minimum absolute atomic E-state index is 0.184. The summed E-state index contributed by atoms with van der Waals surface area (Å²) in [7, 11) is 1.43. The first-order chi connectivity index (χ1) is 5.24. The highest BCUT2D eigenvalue weighted by Gasteiger charge is 2.20. The van der Waals surface area contributed by atoms with Gasteiger partial charge in [0, 0.05) is 13.1 Å². The van der Waals surface area contributed by atoms with Gasteiger partial charge in [0.25, 0.3) is 0 Å². The minimum atomic E-state index is -0.184. The van der Waals surface area contributed by atoms with Gasteiger partial charge in [0.1, 0.15) is 0 Å². The Hall–Kier alpha value is -0.730. The Balaban J connectivity index is 2.39. The van der Waals surface area contributed by atoms with Crippen LogP contribution < -0.4 is 0 Å². The molecule has 0 unspecified atom stereocenters. The lowest BCUT2D eigenvalue weighted by molar-refractivity contribution is 0.105. The largest absolute Gasteiger partial charge is 0.453 e. The molecule has 0 saturated carbocycles. The van der Waals surface area contributed by atoms with E-state index >= 15 is 0 Å². The van der Waals surface area contributed by atoms with Crippen LogP contribution in [0.3, 0.4) is 0 Å². The highest BCUT2D eigenvalue weighted by molar-refractivity contribution is 5.67. The molecular weight excluding hydrogens is 142 g/mol. The Kier molecular flexibility index (Phi) is 2.74. The first kappa shape index (κ1) is 8.37. The Morgan fingerprint density at radius 1 is 1.64 bits per heavy atom. The van der Waals surface area contributed by atoms with Crippen molar-refractivity contribution in [3.05, 3.63) is 0 Å². The number of carbonyl (C=O) groups excluding carboxylic acids is 1. The van der Waals surface area contributed by atoms with Gasteiger partial charge in [0.2, 0.25) is 0 Å². The Bertz CT molecular complexity index is 147. The van der Waals surface area contributed by atoms with Crippen LogP contribution in [-0.4, -0.2) is 31.2 Å². The van der Waals surface area contributed by atoms with Gasteiger partial charge in [-0.15, -0.1) is 0 Å². The summed E-state index contributed by atoms with van der Waals surface area (Å²) >= 11 is 0. The first-order valence-electron chi connectivity index (χ1n) is 4.07. The average molecular weight is 157 g/mol. The van der Waals surface area contributed by atoms with Crippen LogP contribution in [-0.2, 0) is 4.74 Å². The molecule has 0 aliphatic carbocycles. The van der Waals surface area contributed by atoms with Crippen LogP contribution in [0.15, 0.2) is 0 Å². The van der Waals surface area contributed by atoms with Crippen molar-refractivity contribution in [3.63, 3.8) is 0 Å². The Labute approximate surface area is 67.3 Å². The van der Waals surface area contributed by atoms with E-state index in [2.05, 4.69) is 11.7 Å². The van der Waals surface area contributed by atoms with Crippen LogP contribution in [0, 0.1) is 5.92 Å². The fourth-order valence-corrected chi connectivity index (χ4v) is 1.48. The van der Waals surface area contributed by atoms with E-state index in [9.17, 15) is 4.79 Å². The summed E-state index contributed by atoms with van der Waals surface area (Å²) in [4.78, 5) is 12.8. The predicted molar refractivity (Wildman–Crippen MR) is 42.4 cm³/mol. The van der Waals surface area contributed by atoms with Crippen LogP contribution in [0.4, 0.5) is 4.79 Å². The van der Waals surface area contributed by atoms with Crippen LogP contribution >= 0.6 is 0 Å². The maximum absolute atomic E-state index is 11.0. The zero-order valence-electron chi connectivity index (χ0n) is 7.17. The third-order valence-corrected chi connectivity index (χ3v) is 2.09. The summed E-state index contributed by atoms with van der Waals surface area (Å²) in [5.41, 5.74) is 0. The highest BCUT2D eigenvalue weighted by atomic mass is 16.5. The molecule has 0 aromatic heterocycles. The van der Waals surface area contributed by atoms with E-state index in [0.29, 0.717) is 5.92 Å². The van der Waals surface area contributed by atoms with Crippen LogP contribution in [0.1, 0.15) is 19.8 Å². The molecule has 0 N–H and O–H groups in total. The number of piperidine rings is 1. The summed E-state index contributed by atoms with van der Waals surface area (Å²) in [5.74, 6) is 0.628. The number of hydrogen-bond donors (Lipinski definition) is 0. The minimum Gasteiger partial charge on any atom is -0.453 e. The Morgan fingerprint density at radius 2 is 2.36 bits per heavy atom. The molecule has 0 bridgehead atoms. The van der Waals surface area contributed by atoms with Crippen molar-refractivity contribution in [2.24, 2.45) is 5.92 Å². The lowest BCUT2D eigenvalue weighted by Gasteiger charge is -2.29. The number of nitrogens with zero attached hydrogens (tertiary/aromatic N) is 1. The van der Waals surface area contributed by atoms with Gasteiger partial charge in [0.15, 0.2) is 0 Å². The monoisotopic (exact) mass is 157 g/mol. The van der Waals surface area contributed by atoms with Crippen molar-refractivity contribution >= 4 is 6.09 Å². The van der Waals surface area contributed by atoms with E-state index in [1.807, 2.05) is 0 Å². The lowest BCUT2D eigenvalue weighted by atomic mass is 10.0. The molecule has 1 aliphatic heterocycles. The van der Waals surface area contributed by atoms with Gasteiger partial charge in [-0.05, 0) is 18.8 Å². The van der Waals surface area contributed by atoms with Gasteiger partial charge < -0.3 is 9.64 Å². The molecule has 64 valence electrons. The van der Waals surface area contributed by atoms with Gasteiger partial charge in [0.05, 0.1) is 7.11 Å². The van der Waals surface area contributed by atoms with Gasteiger partial charge in [-0.1, -0.05) is 6.92 Å². The van der Waals surface area contributed by atoms with E-state index in [0.717, 1.165) is 19.5 Å². The molecule has 0 aromatic rings.